The van der Waals surface area contributed by atoms with Gasteiger partial charge in [-0.1, -0.05) is 0 Å². The Labute approximate surface area is 116 Å². The van der Waals surface area contributed by atoms with Gasteiger partial charge in [0.15, 0.2) is 0 Å². The van der Waals surface area contributed by atoms with E-state index in [1.165, 1.54) is 7.11 Å². The summed E-state index contributed by atoms with van der Waals surface area (Å²) in [5.41, 5.74) is 6.79. The zero-order valence-corrected chi connectivity index (χ0v) is 11.7. The van der Waals surface area contributed by atoms with Crippen molar-refractivity contribution in [2.24, 2.45) is 0 Å². The molecule has 0 fully saturated rings. The van der Waals surface area contributed by atoms with Crippen LogP contribution in [0.4, 0.5) is 11.4 Å². The van der Waals surface area contributed by atoms with Crippen LogP contribution in [0.1, 0.15) is 11.6 Å². The molecule has 0 unspecified atom stereocenters. The van der Waals surface area contributed by atoms with Crippen LogP contribution in [0.5, 0.6) is 5.75 Å². The van der Waals surface area contributed by atoms with Crippen LogP contribution in [0.25, 0.3) is 0 Å². The number of carbonyl (C=O) groups excluding carboxylic acids is 1. The van der Waals surface area contributed by atoms with Crippen molar-refractivity contribution in [1.82, 2.24) is 14.8 Å². The van der Waals surface area contributed by atoms with E-state index in [2.05, 4.69) is 15.4 Å². The lowest BCUT2D eigenvalue weighted by Gasteiger charge is -2.11. The first kappa shape index (κ1) is 13.9. The van der Waals surface area contributed by atoms with E-state index in [9.17, 15) is 4.79 Å². The molecule has 7 nitrogen and oxygen atoms in total. The van der Waals surface area contributed by atoms with E-state index in [1.807, 2.05) is 0 Å². The summed E-state index contributed by atoms with van der Waals surface area (Å²) in [6, 6.07) is 5.06. The van der Waals surface area contributed by atoms with E-state index < -0.39 is 0 Å². The summed E-state index contributed by atoms with van der Waals surface area (Å²) < 4.78 is 6.72. The van der Waals surface area contributed by atoms with Gasteiger partial charge in [-0.05, 0) is 32.0 Å². The summed E-state index contributed by atoms with van der Waals surface area (Å²) in [6.45, 7) is 3.67. The zero-order valence-electron chi connectivity index (χ0n) is 11.7. The van der Waals surface area contributed by atoms with Crippen molar-refractivity contribution in [2.75, 3.05) is 18.2 Å². The third-order valence-electron chi connectivity index (χ3n) is 2.75. The fourth-order valence-corrected chi connectivity index (χ4v) is 1.86. The number of nitrogen functional groups attached to an aromatic ring is 1. The van der Waals surface area contributed by atoms with Crippen molar-refractivity contribution in [2.45, 2.75) is 20.4 Å². The SMILES string of the molecule is COc1ccc(N)cc1NC(=O)Cn1nc(C)nc1C. The topological polar surface area (TPSA) is 95.1 Å². The number of nitrogens with one attached hydrogen (secondary N) is 1. The summed E-state index contributed by atoms with van der Waals surface area (Å²) in [5, 5.41) is 6.90. The lowest BCUT2D eigenvalue weighted by atomic mass is 10.2. The number of nitrogens with two attached hydrogens (primary N) is 1. The molecule has 0 aliphatic heterocycles. The highest BCUT2D eigenvalue weighted by molar-refractivity contribution is 5.92. The Bertz CT molecular complexity index is 636. The van der Waals surface area contributed by atoms with E-state index in [1.54, 1.807) is 36.7 Å². The molecule has 1 heterocycles. The van der Waals surface area contributed by atoms with Crippen molar-refractivity contribution in [1.29, 1.82) is 0 Å². The van der Waals surface area contributed by atoms with Gasteiger partial charge in [0.25, 0.3) is 0 Å². The van der Waals surface area contributed by atoms with E-state index in [0.717, 1.165) is 0 Å². The molecule has 0 bridgehead atoms. The van der Waals surface area contributed by atoms with Crippen LogP contribution in [-0.2, 0) is 11.3 Å². The van der Waals surface area contributed by atoms with Crippen LogP contribution in [0.15, 0.2) is 18.2 Å². The number of methoxy groups -OCH3 is 1. The maximum atomic E-state index is 12.0. The summed E-state index contributed by atoms with van der Waals surface area (Å²) in [5.74, 6) is 1.66. The van der Waals surface area contributed by atoms with Gasteiger partial charge in [-0.3, -0.25) is 4.79 Å². The smallest absolute Gasteiger partial charge is 0.246 e. The lowest BCUT2D eigenvalue weighted by Crippen LogP contribution is -2.20. The molecule has 0 aliphatic rings. The van der Waals surface area contributed by atoms with Crippen molar-refractivity contribution in [3.05, 3.63) is 29.8 Å². The van der Waals surface area contributed by atoms with Gasteiger partial charge >= 0.3 is 0 Å². The summed E-state index contributed by atoms with van der Waals surface area (Å²) in [4.78, 5) is 16.2. The van der Waals surface area contributed by atoms with Gasteiger partial charge in [0.05, 0.1) is 12.8 Å². The number of aromatic nitrogens is 3. The number of carbonyl (C=O) groups is 1. The molecule has 2 rings (SSSR count). The molecule has 0 spiro atoms. The van der Waals surface area contributed by atoms with Crippen LogP contribution in [0.3, 0.4) is 0 Å². The van der Waals surface area contributed by atoms with Crippen LogP contribution in [0, 0.1) is 13.8 Å². The minimum absolute atomic E-state index is 0.0879. The molecule has 1 aromatic heterocycles. The van der Waals surface area contributed by atoms with E-state index in [4.69, 9.17) is 10.5 Å². The minimum Gasteiger partial charge on any atom is -0.495 e. The quantitative estimate of drug-likeness (QED) is 0.815. The number of hydrogen-bond donors (Lipinski definition) is 2. The molecule has 7 heteroatoms. The summed E-state index contributed by atoms with van der Waals surface area (Å²) in [6.07, 6.45) is 0. The molecule has 0 aliphatic carbocycles. The molecule has 0 saturated heterocycles. The zero-order chi connectivity index (χ0) is 14.7. The maximum absolute atomic E-state index is 12.0. The third kappa shape index (κ3) is 3.05. The van der Waals surface area contributed by atoms with Gasteiger partial charge in [-0.2, -0.15) is 5.10 Å². The van der Waals surface area contributed by atoms with Crippen molar-refractivity contribution >= 4 is 17.3 Å². The van der Waals surface area contributed by atoms with Crippen molar-refractivity contribution < 1.29 is 9.53 Å². The normalized spacial score (nSPS) is 10.3. The first-order valence-corrected chi connectivity index (χ1v) is 6.11. The molecule has 3 N–H and O–H groups in total. The molecule has 0 radical (unpaired) electrons. The highest BCUT2D eigenvalue weighted by Gasteiger charge is 2.11. The first-order valence-electron chi connectivity index (χ1n) is 6.11. The number of amides is 1. The van der Waals surface area contributed by atoms with Gasteiger partial charge in [0.2, 0.25) is 5.91 Å². The van der Waals surface area contributed by atoms with E-state index in [0.29, 0.717) is 28.8 Å². The molecule has 1 amide bonds. The standard InChI is InChI=1S/C13H17N5O2/c1-8-15-9(2)18(17-8)7-13(19)16-11-6-10(14)4-5-12(11)20-3/h4-6H,7,14H2,1-3H3,(H,16,19). The fraction of sp³-hybridized carbons (Fsp3) is 0.308. The first-order chi connectivity index (χ1) is 9.49. The second-order valence-corrected chi connectivity index (χ2v) is 4.37. The van der Waals surface area contributed by atoms with Crippen LogP contribution in [-0.4, -0.2) is 27.8 Å². The van der Waals surface area contributed by atoms with Gasteiger partial charge in [0, 0.05) is 5.69 Å². The largest absolute Gasteiger partial charge is 0.495 e. The lowest BCUT2D eigenvalue weighted by molar-refractivity contribution is -0.117. The summed E-state index contributed by atoms with van der Waals surface area (Å²) >= 11 is 0. The average molecular weight is 275 g/mol. The minimum atomic E-state index is -0.220. The van der Waals surface area contributed by atoms with Gasteiger partial charge in [-0.25, -0.2) is 9.67 Å². The van der Waals surface area contributed by atoms with Crippen LogP contribution >= 0.6 is 0 Å². The van der Waals surface area contributed by atoms with Crippen LogP contribution < -0.4 is 15.8 Å². The highest BCUT2D eigenvalue weighted by Crippen LogP contribution is 2.26. The summed E-state index contributed by atoms with van der Waals surface area (Å²) in [7, 11) is 1.53. The fourth-order valence-electron chi connectivity index (χ4n) is 1.86. The Hall–Kier alpha value is -2.57. The van der Waals surface area contributed by atoms with Crippen molar-refractivity contribution in [3.63, 3.8) is 0 Å². The predicted octanol–water partition coefficient (Wildman–Crippen LogP) is 1.12. The Kier molecular flexibility index (Phi) is 3.88. The highest BCUT2D eigenvalue weighted by atomic mass is 16.5. The molecular weight excluding hydrogens is 258 g/mol. The number of aryl methyl sites for hydroxylation is 2. The Balaban J connectivity index is 2.12. The number of rotatable bonds is 4. The average Bonchev–Trinajstić information content (AvgIpc) is 2.68. The Morgan fingerprint density at radius 3 is 2.80 bits per heavy atom. The predicted molar refractivity (Wildman–Crippen MR) is 75.5 cm³/mol. The molecule has 0 atom stereocenters. The monoisotopic (exact) mass is 275 g/mol. The molecule has 20 heavy (non-hydrogen) atoms. The van der Waals surface area contributed by atoms with Gasteiger partial charge in [-0.15, -0.1) is 0 Å². The second kappa shape index (κ2) is 5.60. The Morgan fingerprint density at radius 1 is 1.45 bits per heavy atom. The van der Waals surface area contributed by atoms with E-state index >= 15 is 0 Å². The number of hydrogen-bond acceptors (Lipinski definition) is 5. The second-order valence-electron chi connectivity index (χ2n) is 4.37. The number of anilines is 2. The van der Waals surface area contributed by atoms with Crippen molar-refractivity contribution in [3.8, 4) is 5.75 Å². The molecule has 0 saturated carbocycles. The molecule has 1 aromatic carbocycles. The third-order valence-corrected chi connectivity index (χ3v) is 2.75. The number of benzene rings is 1. The van der Waals surface area contributed by atoms with E-state index in [-0.39, 0.29) is 12.5 Å². The molecular formula is C13H17N5O2. The molecule has 2 aromatic rings. The van der Waals surface area contributed by atoms with Gasteiger partial charge < -0.3 is 15.8 Å². The van der Waals surface area contributed by atoms with Gasteiger partial charge in [0.1, 0.15) is 23.9 Å². The number of ether oxygens (including phenoxy) is 1. The number of nitrogens with zero attached hydrogens (tertiary/aromatic N) is 3. The maximum Gasteiger partial charge on any atom is 0.246 e. The Morgan fingerprint density at radius 2 is 2.20 bits per heavy atom. The molecule has 106 valence electrons. The van der Waals surface area contributed by atoms with Crippen LogP contribution in [0.2, 0.25) is 0 Å².